The van der Waals surface area contributed by atoms with E-state index in [0.717, 1.165) is 6.92 Å². The zero-order valence-electron chi connectivity index (χ0n) is 8.98. The first-order chi connectivity index (χ1) is 7.31. The van der Waals surface area contributed by atoms with E-state index in [2.05, 4.69) is 10.0 Å². The average molecular weight is 220 g/mol. The first-order valence-electron chi connectivity index (χ1n) is 4.53. The van der Waals surface area contributed by atoms with Crippen molar-refractivity contribution in [1.82, 2.24) is 0 Å². The zero-order valence-corrected chi connectivity index (χ0v) is 7.98. The van der Waals surface area contributed by atoms with Crippen LogP contribution in [0.1, 0.15) is 8.29 Å². The number of azide groups is 1. The molecule has 8 heteroatoms. The van der Waals surface area contributed by atoms with Crippen LogP contribution in [0.2, 0.25) is 0 Å². The van der Waals surface area contributed by atoms with Gasteiger partial charge in [0, 0.05) is 4.91 Å². The number of hydrogen-bond acceptors (Lipinski definition) is 6. The van der Waals surface area contributed by atoms with Gasteiger partial charge in [-0.1, -0.05) is 5.11 Å². The van der Waals surface area contributed by atoms with Crippen molar-refractivity contribution in [3.8, 4) is 0 Å². The molecule has 0 rings (SSSR count). The summed E-state index contributed by atoms with van der Waals surface area (Å²) in [6.07, 6.45) is -7.02. The molecule has 86 valence electrons. The Labute approximate surface area is 86.8 Å². The van der Waals surface area contributed by atoms with Crippen molar-refractivity contribution in [3.05, 3.63) is 10.4 Å². The van der Waals surface area contributed by atoms with Gasteiger partial charge in [0.25, 0.3) is 0 Å². The molecule has 15 heavy (non-hydrogen) atoms. The lowest BCUT2D eigenvalue weighted by Gasteiger charge is -2.29. The van der Waals surface area contributed by atoms with Crippen LogP contribution in [0.3, 0.4) is 0 Å². The molecule has 4 atom stereocenters. The fourth-order valence-electron chi connectivity index (χ4n) is 0.884. The minimum atomic E-state index is -2.22. The van der Waals surface area contributed by atoms with E-state index in [9.17, 15) is 15.0 Å². The molecule has 4 N–H and O–H groups in total. The molecule has 0 bridgehead atoms. The third-order valence-electron chi connectivity index (χ3n) is 1.94. The van der Waals surface area contributed by atoms with Crippen LogP contribution in [-0.4, -0.2) is 57.1 Å². The van der Waals surface area contributed by atoms with E-state index < -0.39 is 36.7 Å². The molecule has 0 saturated carbocycles. The van der Waals surface area contributed by atoms with E-state index in [1.165, 1.54) is 0 Å². The van der Waals surface area contributed by atoms with Crippen LogP contribution >= 0.6 is 0 Å². The van der Waals surface area contributed by atoms with Crippen molar-refractivity contribution in [3.63, 3.8) is 0 Å². The molecule has 0 fully saturated rings. The predicted molar refractivity (Wildman–Crippen MR) is 48.7 cm³/mol. The van der Waals surface area contributed by atoms with Crippen LogP contribution in [0.15, 0.2) is 5.11 Å². The minimum Gasteiger partial charge on any atom is -0.394 e. The highest BCUT2D eigenvalue weighted by atomic mass is 16.4. The number of aliphatic hydroxyl groups is 4. The second-order valence-corrected chi connectivity index (χ2v) is 3.12. The highest BCUT2D eigenvalue weighted by Crippen LogP contribution is 2.18. The van der Waals surface area contributed by atoms with Gasteiger partial charge in [0.2, 0.25) is 0 Å². The summed E-state index contributed by atoms with van der Waals surface area (Å²) < 4.78 is 6.84. The molecule has 8 nitrogen and oxygen atoms in total. The van der Waals surface area contributed by atoms with Crippen molar-refractivity contribution < 1.29 is 26.6 Å². The Morgan fingerprint density at radius 1 is 1.67 bits per heavy atom. The molecular weight excluding hydrogens is 206 g/mol. The number of carbonyl (C=O) groups excluding carboxylic acids is 1. The maximum Gasteiger partial charge on any atom is 0.134 e. The Hall–Kier alpha value is -1.18. The van der Waals surface area contributed by atoms with Gasteiger partial charge in [0.15, 0.2) is 0 Å². The summed E-state index contributed by atoms with van der Waals surface area (Å²) in [5.41, 5.74) is 5.98. The third kappa shape index (κ3) is 3.15. The van der Waals surface area contributed by atoms with Crippen LogP contribution in [-0.2, 0) is 4.79 Å². The predicted octanol–water partition coefficient (Wildman–Crippen LogP) is -1.67. The maximum absolute atomic E-state index is 10.9. The lowest BCUT2D eigenvalue weighted by Crippen LogP contribution is -2.51. The number of rotatable bonds is 6. The fourth-order valence-corrected chi connectivity index (χ4v) is 0.884. The normalized spacial score (nSPS) is 21.5. The second kappa shape index (κ2) is 5.64. The first kappa shape index (κ1) is 11.9. The molecule has 0 spiro atoms. The molecule has 0 aliphatic carbocycles. The van der Waals surface area contributed by atoms with Crippen LogP contribution in [0, 0.1) is 0 Å². The molecule has 0 aliphatic rings. The van der Waals surface area contributed by atoms with Crippen molar-refractivity contribution in [1.29, 1.82) is 0 Å². The fraction of sp³-hybridized carbons (Fsp3) is 0.857. The standard InChI is InChI=1S/C7H13N3O5/c1-7(3-12,9-10-8)6(15)5(14)4(13)2-11/h3-6,11,13-15H,2H2,1H3/t4-,5-,6+,7+/m1/s1/i3D. The molecule has 0 aromatic carbocycles. The van der Waals surface area contributed by atoms with E-state index in [-0.39, 0.29) is 0 Å². The molecule has 0 heterocycles. The first-order valence-corrected chi connectivity index (χ1v) is 4.03. The van der Waals surface area contributed by atoms with Gasteiger partial charge in [-0.2, -0.15) is 0 Å². The molecule has 0 amide bonds. The Kier molecular flexibility index (Phi) is 4.47. The third-order valence-corrected chi connectivity index (χ3v) is 1.94. The van der Waals surface area contributed by atoms with Crippen LogP contribution in [0.4, 0.5) is 0 Å². The van der Waals surface area contributed by atoms with Crippen molar-refractivity contribution in [2.24, 2.45) is 5.11 Å². The van der Waals surface area contributed by atoms with Gasteiger partial charge in [-0.05, 0) is 12.5 Å². The molecule has 0 radical (unpaired) electrons. The molecule has 0 aromatic rings. The topological polar surface area (TPSA) is 147 Å². The van der Waals surface area contributed by atoms with E-state index in [4.69, 9.17) is 17.1 Å². The zero-order chi connectivity index (χ0) is 12.9. The summed E-state index contributed by atoms with van der Waals surface area (Å²) in [4.78, 5) is 13.2. The van der Waals surface area contributed by atoms with Crippen LogP contribution in [0.5, 0.6) is 0 Å². The Morgan fingerprint density at radius 2 is 2.20 bits per heavy atom. The highest BCUT2D eigenvalue weighted by molar-refractivity contribution is 5.65. The quantitative estimate of drug-likeness (QED) is 0.183. The molecule has 0 saturated heterocycles. The van der Waals surface area contributed by atoms with Gasteiger partial charge >= 0.3 is 0 Å². The van der Waals surface area contributed by atoms with E-state index in [0.29, 0.717) is 0 Å². The number of nitrogens with zero attached hydrogens (tertiary/aromatic N) is 3. The lowest BCUT2D eigenvalue weighted by molar-refractivity contribution is -0.126. The van der Waals surface area contributed by atoms with Crippen LogP contribution < -0.4 is 0 Å². The minimum absolute atomic E-state index is 0.850. The van der Waals surface area contributed by atoms with Crippen molar-refractivity contribution in [2.75, 3.05) is 6.61 Å². The summed E-state index contributed by atoms with van der Waals surface area (Å²) in [5.74, 6) is 0. The van der Waals surface area contributed by atoms with Gasteiger partial charge in [-0.25, -0.2) is 0 Å². The van der Waals surface area contributed by atoms with Crippen molar-refractivity contribution in [2.45, 2.75) is 30.8 Å². The maximum atomic E-state index is 10.9. The summed E-state index contributed by atoms with van der Waals surface area (Å²) in [5, 5.41) is 39.3. The smallest absolute Gasteiger partial charge is 0.134 e. The van der Waals surface area contributed by atoms with Crippen molar-refractivity contribution >= 4 is 6.26 Å². The second-order valence-electron chi connectivity index (χ2n) is 3.12. The Bertz CT molecular complexity index is 304. The van der Waals surface area contributed by atoms with E-state index in [1.807, 2.05) is 0 Å². The summed E-state index contributed by atoms with van der Waals surface area (Å²) in [6, 6.07) is 0. The molecule has 0 aliphatic heterocycles. The van der Waals surface area contributed by atoms with Gasteiger partial charge in [0.1, 0.15) is 31.5 Å². The Balaban J connectivity index is 5.10. The largest absolute Gasteiger partial charge is 0.394 e. The van der Waals surface area contributed by atoms with E-state index >= 15 is 0 Å². The number of aliphatic hydroxyl groups excluding tert-OH is 4. The lowest BCUT2D eigenvalue weighted by atomic mass is 9.91. The summed E-state index contributed by atoms with van der Waals surface area (Å²) >= 11 is 0. The molecule has 0 aromatic heterocycles. The molecular formula is C7H13N3O5. The number of hydrogen-bond donors (Lipinski definition) is 4. The van der Waals surface area contributed by atoms with Gasteiger partial charge in [0.05, 0.1) is 6.61 Å². The van der Waals surface area contributed by atoms with E-state index in [1.54, 1.807) is 0 Å². The van der Waals surface area contributed by atoms with Gasteiger partial charge in [-0.3, -0.25) is 0 Å². The Morgan fingerprint density at radius 3 is 2.53 bits per heavy atom. The van der Waals surface area contributed by atoms with Gasteiger partial charge in [-0.15, -0.1) is 0 Å². The van der Waals surface area contributed by atoms with Gasteiger partial charge < -0.3 is 25.2 Å². The number of carbonyl (C=O) groups is 1. The summed E-state index contributed by atoms with van der Waals surface area (Å²) in [6.45, 7) is 0.0940. The molecule has 0 unspecified atom stereocenters. The highest BCUT2D eigenvalue weighted by Gasteiger charge is 2.39. The SMILES string of the molecule is [2H]C(=O)[C@](C)(N=[N+]=[N-])[C@@H](O)[C@H](O)[C@H](O)CO. The number of aldehydes is 1. The van der Waals surface area contributed by atoms with Crippen LogP contribution in [0.25, 0.3) is 10.4 Å². The average Bonchev–Trinajstić information content (AvgIpc) is 2.25. The summed E-state index contributed by atoms with van der Waals surface area (Å²) in [7, 11) is 0. The monoisotopic (exact) mass is 220 g/mol.